The summed E-state index contributed by atoms with van der Waals surface area (Å²) >= 11 is 0. The van der Waals surface area contributed by atoms with Crippen LogP contribution in [0.5, 0.6) is 0 Å². The van der Waals surface area contributed by atoms with Gasteiger partial charge in [-0.25, -0.2) is 4.79 Å². The van der Waals surface area contributed by atoms with Crippen LogP contribution in [0.25, 0.3) is 0 Å². The third-order valence-electron chi connectivity index (χ3n) is 5.72. The summed E-state index contributed by atoms with van der Waals surface area (Å²) in [4.78, 5) is 35.8. The molecule has 0 heterocycles. The molecule has 1 saturated carbocycles. The number of hydrogen-bond donors (Lipinski definition) is 1. The topological polar surface area (TPSA) is 90.9 Å². The summed E-state index contributed by atoms with van der Waals surface area (Å²) in [5, 5.41) is 3.51. The van der Waals surface area contributed by atoms with Crippen molar-refractivity contribution in [1.82, 2.24) is 0 Å². The molecule has 0 amide bonds. The molecule has 0 aromatic heterocycles. The van der Waals surface area contributed by atoms with Gasteiger partial charge in [-0.15, -0.1) is 0 Å². The summed E-state index contributed by atoms with van der Waals surface area (Å²) in [7, 11) is 0. The van der Waals surface area contributed by atoms with E-state index < -0.39 is 5.97 Å². The fraction of sp³-hybridized carbons (Fsp3) is 0.609. The Morgan fingerprint density at radius 3 is 2.27 bits per heavy atom. The van der Waals surface area contributed by atoms with E-state index in [2.05, 4.69) is 26.1 Å². The van der Waals surface area contributed by atoms with Gasteiger partial charge in [-0.05, 0) is 55.9 Å². The number of esters is 3. The molecule has 7 nitrogen and oxygen atoms in total. The molecule has 0 aliphatic heterocycles. The Morgan fingerprint density at radius 1 is 1.03 bits per heavy atom. The predicted octanol–water partition coefficient (Wildman–Crippen LogP) is 3.82. The van der Waals surface area contributed by atoms with Crippen molar-refractivity contribution in [1.29, 1.82) is 0 Å². The molecule has 0 radical (unpaired) electrons. The number of ether oxygens (including phenoxy) is 3. The molecule has 0 spiro atoms. The van der Waals surface area contributed by atoms with Crippen molar-refractivity contribution in [2.75, 3.05) is 25.1 Å². The third kappa shape index (κ3) is 5.74. The molecule has 166 valence electrons. The van der Waals surface area contributed by atoms with E-state index in [4.69, 9.17) is 14.2 Å². The number of benzene rings is 1. The maximum Gasteiger partial charge on any atom is 0.338 e. The quantitative estimate of drug-likeness (QED) is 0.480. The van der Waals surface area contributed by atoms with E-state index in [1.165, 1.54) is 0 Å². The molecule has 1 aliphatic carbocycles. The van der Waals surface area contributed by atoms with Gasteiger partial charge in [0.05, 0.1) is 31.1 Å². The lowest BCUT2D eigenvalue weighted by Crippen LogP contribution is -2.39. The van der Waals surface area contributed by atoms with Crippen LogP contribution in [0.2, 0.25) is 0 Å². The summed E-state index contributed by atoms with van der Waals surface area (Å²) in [6.07, 6.45) is 0.893. The van der Waals surface area contributed by atoms with E-state index in [-0.39, 0.29) is 48.3 Å². The molecule has 30 heavy (non-hydrogen) atoms. The highest BCUT2D eigenvalue weighted by molar-refractivity contribution is 5.90. The molecule has 3 atom stereocenters. The van der Waals surface area contributed by atoms with Crippen molar-refractivity contribution in [3.05, 3.63) is 29.8 Å². The Balaban J connectivity index is 1.94. The first kappa shape index (κ1) is 23.7. The van der Waals surface area contributed by atoms with E-state index in [0.29, 0.717) is 18.8 Å². The summed E-state index contributed by atoms with van der Waals surface area (Å²) in [6.45, 7) is 10.5. The second-order valence-corrected chi connectivity index (χ2v) is 8.23. The Kier molecular flexibility index (Phi) is 8.26. The molecule has 1 aliphatic rings. The lowest BCUT2D eigenvalue weighted by atomic mass is 9.77. The molecule has 2 rings (SSSR count). The van der Waals surface area contributed by atoms with Gasteiger partial charge in [0.25, 0.3) is 0 Å². The summed E-state index contributed by atoms with van der Waals surface area (Å²) in [5.74, 6) is -0.962. The monoisotopic (exact) mass is 419 g/mol. The van der Waals surface area contributed by atoms with Crippen molar-refractivity contribution in [3.8, 4) is 0 Å². The molecule has 3 unspecified atom stereocenters. The van der Waals surface area contributed by atoms with Gasteiger partial charge in [-0.3, -0.25) is 9.59 Å². The van der Waals surface area contributed by atoms with Crippen molar-refractivity contribution < 1.29 is 28.6 Å². The normalized spacial score (nSPS) is 22.2. The van der Waals surface area contributed by atoms with E-state index in [9.17, 15) is 14.4 Å². The molecule has 1 N–H and O–H groups in total. The maximum absolute atomic E-state index is 12.4. The van der Waals surface area contributed by atoms with E-state index in [1.807, 2.05) is 19.1 Å². The standard InChI is InChI=1S/C23H33NO6/c1-6-28-19(25)12-13-30-21(26)16-8-10-17(11-9-16)24-18-14-15(3)20(23(18,4)5)22(27)29-7-2/h8-11,15,18,20,24H,6-7,12-14H2,1-5H3. The number of carbonyl (C=O) groups is 3. The first-order chi connectivity index (χ1) is 14.2. The Bertz CT molecular complexity index is 743. The van der Waals surface area contributed by atoms with Gasteiger partial charge in [-0.2, -0.15) is 0 Å². The zero-order valence-electron chi connectivity index (χ0n) is 18.5. The van der Waals surface area contributed by atoms with Gasteiger partial charge in [0.2, 0.25) is 0 Å². The van der Waals surface area contributed by atoms with Crippen LogP contribution < -0.4 is 5.32 Å². The molecular weight excluding hydrogens is 386 g/mol. The Hall–Kier alpha value is -2.57. The second kappa shape index (κ2) is 10.5. The van der Waals surface area contributed by atoms with Crippen LogP contribution in [-0.2, 0) is 23.8 Å². The van der Waals surface area contributed by atoms with Crippen LogP contribution in [-0.4, -0.2) is 43.8 Å². The summed E-state index contributed by atoms with van der Waals surface area (Å²) in [6, 6.07) is 7.11. The van der Waals surface area contributed by atoms with Gasteiger partial charge in [0.15, 0.2) is 0 Å². The predicted molar refractivity (Wildman–Crippen MR) is 113 cm³/mol. The van der Waals surface area contributed by atoms with Crippen molar-refractivity contribution >= 4 is 23.6 Å². The third-order valence-corrected chi connectivity index (χ3v) is 5.72. The van der Waals surface area contributed by atoms with Crippen LogP contribution in [0.1, 0.15) is 57.8 Å². The van der Waals surface area contributed by atoms with Crippen molar-refractivity contribution in [2.24, 2.45) is 17.3 Å². The molecule has 1 aromatic carbocycles. The maximum atomic E-state index is 12.4. The average molecular weight is 420 g/mol. The SMILES string of the molecule is CCOC(=O)CCOC(=O)c1ccc(NC2CC(C)C(C(=O)OCC)C2(C)C)cc1. The summed E-state index contributed by atoms with van der Waals surface area (Å²) in [5.41, 5.74) is 1.01. The van der Waals surface area contributed by atoms with Crippen molar-refractivity contribution in [2.45, 2.75) is 53.5 Å². The molecule has 0 bridgehead atoms. The van der Waals surface area contributed by atoms with E-state index in [1.54, 1.807) is 19.1 Å². The number of carbonyl (C=O) groups excluding carboxylic acids is 3. The zero-order valence-corrected chi connectivity index (χ0v) is 18.5. The van der Waals surface area contributed by atoms with Gasteiger partial charge in [-0.1, -0.05) is 20.8 Å². The zero-order chi connectivity index (χ0) is 22.3. The Labute approximate surface area is 178 Å². The van der Waals surface area contributed by atoms with Gasteiger partial charge in [0.1, 0.15) is 6.61 Å². The van der Waals surface area contributed by atoms with Crippen LogP contribution in [0.4, 0.5) is 5.69 Å². The highest BCUT2D eigenvalue weighted by Crippen LogP contribution is 2.48. The number of anilines is 1. The van der Waals surface area contributed by atoms with Gasteiger partial charge < -0.3 is 19.5 Å². The van der Waals surface area contributed by atoms with Crippen LogP contribution in [0, 0.1) is 17.3 Å². The summed E-state index contributed by atoms with van der Waals surface area (Å²) < 4.78 is 15.2. The minimum atomic E-state index is -0.483. The number of nitrogens with one attached hydrogen (secondary N) is 1. The molecule has 1 fully saturated rings. The smallest absolute Gasteiger partial charge is 0.338 e. The highest BCUT2D eigenvalue weighted by atomic mass is 16.5. The number of rotatable bonds is 9. The fourth-order valence-electron chi connectivity index (χ4n) is 4.22. The van der Waals surface area contributed by atoms with Gasteiger partial charge >= 0.3 is 17.9 Å². The minimum Gasteiger partial charge on any atom is -0.466 e. The number of hydrogen-bond acceptors (Lipinski definition) is 7. The molecule has 7 heteroatoms. The lowest BCUT2D eigenvalue weighted by Gasteiger charge is -2.33. The fourth-order valence-corrected chi connectivity index (χ4v) is 4.22. The molecular formula is C23H33NO6. The van der Waals surface area contributed by atoms with Crippen LogP contribution in [0.3, 0.4) is 0 Å². The van der Waals surface area contributed by atoms with E-state index >= 15 is 0 Å². The van der Waals surface area contributed by atoms with Crippen LogP contribution >= 0.6 is 0 Å². The Morgan fingerprint density at radius 2 is 1.67 bits per heavy atom. The van der Waals surface area contributed by atoms with E-state index in [0.717, 1.165) is 12.1 Å². The second-order valence-electron chi connectivity index (χ2n) is 8.23. The minimum absolute atomic E-state index is 0.0128. The first-order valence-corrected chi connectivity index (χ1v) is 10.6. The lowest BCUT2D eigenvalue weighted by molar-refractivity contribution is -0.152. The van der Waals surface area contributed by atoms with Crippen molar-refractivity contribution in [3.63, 3.8) is 0 Å². The average Bonchev–Trinajstić information content (AvgIpc) is 2.90. The largest absolute Gasteiger partial charge is 0.466 e. The van der Waals surface area contributed by atoms with Gasteiger partial charge in [0, 0.05) is 11.7 Å². The first-order valence-electron chi connectivity index (χ1n) is 10.6. The van der Waals surface area contributed by atoms with Crippen LogP contribution in [0.15, 0.2) is 24.3 Å². The highest BCUT2D eigenvalue weighted by Gasteiger charge is 2.51. The molecule has 0 saturated heterocycles. The molecule has 1 aromatic rings.